The molecule has 1 aromatic carbocycles. The molecule has 0 aliphatic heterocycles. The molecule has 0 aliphatic carbocycles. The van der Waals surface area contributed by atoms with Crippen LogP contribution in [0, 0.1) is 0 Å². The highest BCUT2D eigenvalue weighted by molar-refractivity contribution is 7.95. The van der Waals surface area contributed by atoms with Crippen LogP contribution in [0.5, 0.6) is 0 Å². The second-order valence-corrected chi connectivity index (χ2v) is 4.86. The highest BCUT2D eigenvalue weighted by Gasteiger charge is 2.19. The summed E-state index contributed by atoms with van der Waals surface area (Å²) in [6.07, 6.45) is 0.0424. The van der Waals surface area contributed by atoms with E-state index in [0.717, 1.165) is 0 Å². The van der Waals surface area contributed by atoms with Gasteiger partial charge in [0.25, 0.3) is 0 Å². The molecule has 0 heterocycles. The van der Waals surface area contributed by atoms with Gasteiger partial charge in [0.1, 0.15) is 0 Å². The van der Waals surface area contributed by atoms with Crippen molar-refractivity contribution < 1.29 is 13.5 Å². The quantitative estimate of drug-likeness (QED) is 0.789. The number of benzene rings is 1. The lowest BCUT2D eigenvalue weighted by molar-refractivity contribution is 0.301. The zero-order valence-electron chi connectivity index (χ0n) is 8.18. The van der Waals surface area contributed by atoms with Crippen LogP contribution < -0.4 is 0 Å². The minimum absolute atomic E-state index is 0.0243. The fourth-order valence-corrected chi connectivity index (χ4v) is 2.51. The molecule has 3 nitrogen and oxygen atoms in total. The molecule has 0 unspecified atom stereocenters. The van der Waals surface area contributed by atoms with E-state index in [-0.39, 0.29) is 22.8 Å². The van der Waals surface area contributed by atoms with Crippen molar-refractivity contribution in [3.05, 3.63) is 47.5 Å². The van der Waals surface area contributed by atoms with Crippen LogP contribution in [0.1, 0.15) is 6.42 Å². The Morgan fingerprint density at radius 1 is 1.33 bits per heavy atom. The SMILES string of the molecule is C=C=C(CCO)S(=O)(=O)c1ccccc1. The van der Waals surface area contributed by atoms with E-state index in [4.69, 9.17) is 5.11 Å². The minimum Gasteiger partial charge on any atom is -0.396 e. The Hall–Kier alpha value is -1.35. The Morgan fingerprint density at radius 2 is 1.93 bits per heavy atom. The second-order valence-electron chi connectivity index (χ2n) is 2.89. The number of aliphatic hydroxyl groups is 1. The molecule has 0 aliphatic rings. The van der Waals surface area contributed by atoms with Gasteiger partial charge in [-0.15, -0.1) is 5.73 Å². The van der Waals surface area contributed by atoms with E-state index >= 15 is 0 Å². The van der Waals surface area contributed by atoms with Crippen LogP contribution in [-0.4, -0.2) is 20.1 Å². The zero-order chi connectivity index (χ0) is 11.3. The summed E-state index contributed by atoms with van der Waals surface area (Å²) in [6, 6.07) is 8.04. The molecule has 4 heteroatoms. The smallest absolute Gasteiger partial charge is 0.210 e. The van der Waals surface area contributed by atoms with Crippen LogP contribution in [-0.2, 0) is 9.84 Å². The molecule has 0 amide bonds. The van der Waals surface area contributed by atoms with E-state index in [2.05, 4.69) is 12.3 Å². The van der Waals surface area contributed by atoms with Crippen LogP contribution in [0.15, 0.2) is 52.4 Å². The predicted molar refractivity (Wildman–Crippen MR) is 58.0 cm³/mol. The third kappa shape index (κ3) is 2.57. The van der Waals surface area contributed by atoms with E-state index in [1.165, 1.54) is 12.1 Å². The molecule has 15 heavy (non-hydrogen) atoms. The van der Waals surface area contributed by atoms with Gasteiger partial charge in [0, 0.05) is 13.0 Å². The summed E-state index contributed by atoms with van der Waals surface area (Å²) in [5.74, 6) is 0. The van der Waals surface area contributed by atoms with Gasteiger partial charge in [-0.3, -0.25) is 0 Å². The summed E-state index contributed by atoms with van der Waals surface area (Å²) in [6.45, 7) is 3.09. The molecule has 0 radical (unpaired) electrons. The lowest BCUT2D eigenvalue weighted by Gasteiger charge is -2.04. The largest absolute Gasteiger partial charge is 0.396 e. The molecule has 0 bridgehead atoms. The monoisotopic (exact) mass is 224 g/mol. The second kappa shape index (κ2) is 4.94. The summed E-state index contributed by atoms with van der Waals surface area (Å²) in [4.78, 5) is 0.223. The average Bonchev–Trinajstić information content (AvgIpc) is 2.27. The van der Waals surface area contributed by atoms with Crippen LogP contribution in [0.2, 0.25) is 0 Å². The minimum atomic E-state index is -3.53. The van der Waals surface area contributed by atoms with Crippen molar-refractivity contribution in [1.29, 1.82) is 0 Å². The Labute approximate surface area is 89.3 Å². The van der Waals surface area contributed by atoms with Crippen molar-refractivity contribution in [1.82, 2.24) is 0 Å². The van der Waals surface area contributed by atoms with E-state index < -0.39 is 9.84 Å². The van der Waals surface area contributed by atoms with Crippen molar-refractivity contribution in [3.8, 4) is 0 Å². The average molecular weight is 224 g/mol. The molecule has 0 atom stereocenters. The first kappa shape index (κ1) is 11.7. The number of rotatable bonds is 4. The fourth-order valence-electron chi connectivity index (χ4n) is 1.16. The van der Waals surface area contributed by atoms with E-state index in [1.54, 1.807) is 18.2 Å². The molecular formula is C11H12O3S. The summed E-state index contributed by atoms with van der Waals surface area (Å²) in [5, 5.41) is 8.72. The first-order valence-corrected chi connectivity index (χ1v) is 5.91. The first-order chi connectivity index (χ1) is 7.12. The maximum Gasteiger partial charge on any atom is 0.210 e. The number of aliphatic hydroxyl groups excluding tert-OH is 1. The Morgan fingerprint density at radius 3 is 2.40 bits per heavy atom. The van der Waals surface area contributed by atoms with Gasteiger partial charge in [-0.25, -0.2) is 8.42 Å². The van der Waals surface area contributed by atoms with Gasteiger partial charge in [0.15, 0.2) is 0 Å². The summed E-state index contributed by atoms with van der Waals surface area (Å²) in [5.41, 5.74) is 2.36. The Balaban J connectivity index is 3.20. The lowest BCUT2D eigenvalue weighted by Crippen LogP contribution is -2.05. The third-order valence-electron chi connectivity index (χ3n) is 1.91. The molecule has 0 saturated carbocycles. The summed E-state index contributed by atoms with van der Waals surface area (Å²) < 4.78 is 23.8. The maximum absolute atomic E-state index is 11.9. The van der Waals surface area contributed by atoms with Gasteiger partial charge < -0.3 is 5.11 Å². The molecule has 0 fully saturated rings. The predicted octanol–water partition coefficient (Wildman–Crippen LogP) is 1.51. The van der Waals surface area contributed by atoms with Gasteiger partial charge in [-0.1, -0.05) is 24.8 Å². The van der Waals surface area contributed by atoms with Crippen LogP contribution in [0.4, 0.5) is 0 Å². The van der Waals surface area contributed by atoms with E-state index in [0.29, 0.717) is 0 Å². The molecule has 1 N–H and O–H groups in total. The van der Waals surface area contributed by atoms with Gasteiger partial charge in [-0.2, -0.15) is 0 Å². The molecule has 0 saturated heterocycles. The number of hydrogen-bond donors (Lipinski definition) is 1. The normalized spacial score (nSPS) is 10.7. The van der Waals surface area contributed by atoms with Crippen molar-refractivity contribution in [2.24, 2.45) is 0 Å². The Bertz CT molecular complexity index is 468. The van der Waals surface area contributed by atoms with Gasteiger partial charge >= 0.3 is 0 Å². The lowest BCUT2D eigenvalue weighted by atomic mass is 10.4. The van der Waals surface area contributed by atoms with Crippen molar-refractivity contribution in [3.63, 3.8) is 0 Å². The zero-order valence-corrected chi connectivity index (χ0v) is 9.00. The molecule has 80 valence electrons. The van der Waals surface area contributed by atoms with Crippen molar-refractivity contribution in [2.45, 2.75) is 11.3 Å². The van der Waals surface area contributed by atoms with E-state index in [1.807, 2.05) is 0 Å². The maximum atomic E-state index is 11.9. The topological polar surface area (TPSA) is 54.4 Å². The third-order valence-corrected chi connectivity index (χ3v) is 3.80. The highest BCUT2D eigenvalue weighted by atomic mass is 32.2. The first-order valence-electron chi connectivity index (χ1n) is 4.43. The van der Waals surface area contributed by atoms with E-state index in [9.17, 15) is 8.42 Å². The van der Waals surface area contributed by atoms with Crippen LogP contribution in [0.3, 0.4) is 0 Å². The van der Waals surface area contributed by atoms with Crippen LogP contribution >= 0.6 is 0 Å². The molecular weight excluding hydrogens is 212 g/mol. The summed E-state index contributed by atoms with van der Waals surface area (Å²) >= 11 is 0. The summed E-state index contributed by atoms with van der Waals surface area (Å²) in [7, 11) is -3.53. The molecule has 1 aromatic rings. The van der Waals surface area contributed by atoms with Crippen molar-refractivity contribution >= 4 is 9.84 Å². The standard InChI is InChI=1S/C11H12O3S/c1-2-10(8-9-12)15(13,14)11-6-4-3-5-7-11/h3-7,12H,1,8-9H2. The highest BCUT2D eigenvalue weighted by Crippen LogP contribution is 2.19. The number of sulfone groups is 1. The number of hydrogen-bond acceptors (Lipinski definition) is 3. The van der Waals surface area contributed by atoms with Crippen LogP contribution in [0.25, 0.3) is 0 Å². The molecule has 0 spiro atoms. The molecule has 1 rings (SSSR count). The Kier molecular flexibility index (Phi) is 3.86. The fraction of sp³-hybridized carbons (Fsp3) is 0.182. The van der Waals surface area contributed by atoms with Crippen molar-refractivity contribution in [2.75, 3.05) is 6.61 Å². The van der Waals surface area contributed by atoms with Gasteiger partial charge in [0.2, 0.25) is 9.84 Å². The molecule has 0 aromatic heterocycles. The van der Waals surface area contributed by atoms with Gasteiger partial charge in [0.05, 0.1) is 9.80 Å². The van der Waals surface area contributed by atoms with Gasteiger partial charge in [-0.05, 0) is 12.1 Å².